The molecule has 0 aliphatic rings. The van der Waals surface area contributed by atoms with Crippen molar-refractivity contribution in [2.45, 2.75) is 39.7 Å². The number of anilines is 2. The molecule has 114 valence electrons. The van der Waals surface area contributed by atoms with Crippen LogP contribution in [0.25, 0.3) is 0 Å². The lowest BCUT2D eigenvalue weighted by Crippen LogP contribution is -2.12. The zero-order chi connectivity index (χ0) is 15.2. The third-order valence-corrected chi connectivity index (χ3v) is 4.03. The Morgan fingerprint density at radius 2 is 2.14 bits per heavy atom. The van der Waals surface area contributed by atoms with Crippen molar-refractivity contribution in [3.8, 4) is 6.01 Å². The summed E-state index contributed by atoms with van der Waals surface area (Å²) in [4.78, 5) is 17.9. The SMILES string of the molecule is CCCOc1nc(N)nc(NC(C)c2ncc(CC)s2)n1. The Hall–Kier alpha value is -1.96. The highest BCUT2D eigenvalue weighted by molar-refractivity contribution is 7.11. The van der Waals surface area contributed by atoms with E-state index in [9.17, 15) is 0 Å². The van der Waals surface area contributed by atoms with Crippen LogP contribution in [0.2, 0.25) is 0 Å². The van der Waals surface area contributed by atoms with Gasteiger partial charge in [0.05, 0.1) is 12.6 Å². The van der Waals surface area contributed by atoms with Crippen molar-refractivity contribution in [1.29, 1.82) is 0 Å². The first-order chi connectivity index (χ1) is 10.1. The molecule has 0 spiro atoms. The molecule has 0 saturated carbocycles. The predicted molar refractivity (Wildman–Crippen MR) is 83.6 cm³/mol. The number of aryl methyl sites for hydroxylation is 1. The Morgan fingerprint density at radius 1 is 1.33 bits per heavy atom. The molecule has 0 bridgehead atoms. The maximum absolute atomic E-state index is 5.68. The van der Waals surface area contributed by atoms with Crippen molar-refractivity contribution in [2.75, 3.05) is 17.7 Å². The number of rotatable bonds is 7. The Kier molecular flexibility index (Phi) is 5.26. The highest BCUT2D eigenvalue weighted by Crippen LogP contribution is 2.23. The fraction of sp³-hybridized carbons (Fsp3) is 0.538. The maximum Gasteiger partial charge on any atom is 0.323 e. The van der Waals surface area contributed by atoms with E-state index in [2.05, 4.69) is 32.2 Å². The van der Waals surface area contributed by atoms with Gasteiger partial charge in [-0.2, -0.15) is 15.0 Å². The van der Waals surface area contributed by atoms with Gasteiger partial charge in [-0.1, -0.05) is 13.8 Å². The summed E-state index contributed by atoms with van der Waals surface area (Å²) in [7, 11) is 0. The molecule has 3 N–H and O–H groups in total. The first-order valence-electron chi connectivity index (χ1n) is 6.97. The molecule has 1 unspecified atom stereocenters. The van der Waals surface area contributed by atoms with Gasteiger partial charge in [0, 0.05) is 11.1 Å². The van der Waals surface area contributed by atoms with Crippen LogP contribution in [0.1, 0.15) is 43.1 Å². The fourth-order valence-electron chi connectivity index (χ4n) is 1.64. The summed E-state index contributed by atoms with van der Waals surface area (Å²) in [5.41, 5.74) is 5.68. The molecule has 2 rings (SSSR count). The number of aromatic nitrogens is 4. The Labute approximate surface area is 128 Å². The van der Waals surface area contributed by atoms with Crippen LogP contribution < -0.4 is 15.8 Å². The van der Waals surface area contributed by atoms with Gasteiger partial charge in [-0.05, 0) is 19.8 Å². The van der Waals surface area contributed by atoms with E-state index >= 15 is 0 Å². The van der Waals surface area contributed by atoms with Gasteiger partial charge < -0.3 is 15.8 Å². The summed E-state index contributed by atoms with van der Waals surface area (Å²) in [5.74, 6) is 0.536. The van der Waals surface area contributed by atoms with Crippen molar-refractivity contribution < 1.29 is 4.74 Å². The highest BCUT2D eigenvalue weighted by Gasteiger charge is 2.13. The van der Waals surface area contributed by atoms with Gasteiger partial charge in [0.15, 0.2) is 0 Å². The second-order valence-corrected chi connectivity index (χ2v) is 5.68. The van der Waals surface area contributed by atoms with Gasteiger partial charge in [0.1, 0.15) is 5.01 Å². The summed E-state index contributed by atoms with van der Waals surface area (Å²) >= 11 is 1.68. The molecule has 21 heavy (non-hydrogen) atoms. The van der Waals surface area contributed by atoms with Crippen LogP contribution in [0.4, 0.5) is 11.9 Å². The van der Waals surface area contributed by atoms with E-state index in [0.717, 1.165) is 17.8 Å². The third kappa shape index (κ3) is 4.25. The van der Waals surface area contributed by atoms with Crippen molar-refractivity contribution in [3.63, 3.8) is 0 Å². The Morgan fingerprint density at radius 3 is 2.81 bits per heavy atom. The van der Waals surface area contributed by atoms with Gasteiger partial charge >= 0.3 is 6.01 Å². The summed E-state index contributed by atoms with van der Waals surface area (Å²) in [6, 6.07) is 0.239. The number of nitrogen functional groups attached to an aromatic ring is 1. The van der Waals surface area contributed by atoms with Gasteiger partial charge in [0.25, 0.3) is 0 Å². The molecule has 1 atom stereocenters. The number of nitrogens with two attached hydrogens (primary N) is 1. The molecular weight excluding hydrogens is 288 g/mol. The molecule has 0 fully saturated rings. The number of thiazole rings is 1. The molecule has 0 saturated heterocycles. The van der Waals surface area contributed by atoms with E-state index in [0.29, 0.717) is 12.6 Å². The molecule has 0 radical (unpaired) electrons. The molecule has 2 aromatic rings. The average molecular weight is 308 g/mol. The van der Waals surface area contributed by atoms with Crippen molar-refractivity contribution in [3.05, 3.63) is 16.1 Å². The number of ether oxygens (including phenoxy) is 1. The summed E-state index contributed by atoms with van der Waals surface area (Å²) in [6.45, 7) is 6.68. The smallest absolute Gasteiger partial charge is 0.323 e. The molecule has 8 heteroatoms. The minimum absolute atomic E-state index is 0.00359. The van der Waals surface area contributed by atoms with Crippen LogP contribution in [-0.2, 0) is 6.42 Å². The number of hydrogen-bond acceptors (Lipinski definition) is 8. The minimum Gasteiger partial charge on any atom is -0.463 e. The van der Waals surface area contributed by atoms with E-state index in [1.165, 1.54) is 4.88 Å². The number of hydrogen-bond donors (Lipinski definition) is 2. The second-order valence-electron chi connectivity index (χ2n) is 4.53. The first-order valence-corrected chi connectivity index (χ1v) is 7.79. The lowest BCUT2D eigenvalue weighted by molar-refractivity contribution is 0.292. The maximum atomic E-state index is 5.68. The zero-order valence-electron chi connectivity index (χ0n) is 12.5. The lowest BCUT2D eigenvalue weighted by Gasteiger charge is -2.12. The monoisotopic (exact) mass is 308 g/mol. The van der Waals surface area contributed by atoms with Gasteiger partial charge in [0.2, 0.25) is 11.9 Å². The topological polar surface area (TPSA) is 98.8 Å². The minimum atomic E-state index is -0.00359. The molecule has 0 aliphatic heterocycles. The highest BCUT2D eigenvalue weighted by atomic mass is 32.1. The summed E-state index contributed by atoms with van der Waals surface area (Å²) in [6.07, 6.45) is 3.76. The second kappa shape index (κ2) is 7.16. The van der Waals surface area contributed by atoms with E-state index < -0.39 is 0 Å². The summed E-state index contributed by atoms with van der Waals surface area (Å²) < 4.78 is 5.39. The standard InChI is InChI=1S/C13H20N6OS/c1-4-6-20-13-18-11(14)17-12(19-13)16-8(3)10-15-7-9(5-2)21-10/h7-8H,4-6H2,1-3H3,(H3,14,16,17,18,19). The molecule has 2 aromatic heterocycles. The van der Waals surface area contributed by atoms with Gasteiger partial charge in [-0.15, -0.1) is 11.3 Å². The van der Waals surface area contributed by atoms with Crippen LogP contribution in [0.5, 0.6) is 6.01 Å². The third-order valence-electron chi connectivity index (χ3n) is 2.70. The molecule has 0 aromatic carbocycles. The van der Waals surface area contributed by atoms with Crippen molar-refractivity contribution in [2.24, 2.45) is 0 Å². The largest absolute Gasteiger partial charge is 0.463 e. The first kappa shape index (κ1) is 15.4. The van der Waals surface area contributed by atoms with E-state index in [1.807, 2.05) is 20.0 Å². The van der Waals surface area contributed by atoms with Crippen LogP contribution >= 0.6 is 11.3 Å². The lowest BCUT2D eigenvalue weighted by atomic mass is 10.3. The normalized spacial score (nSPS) is 12.1. The number of nitrogens with zero attached hydrogens (tertiary/aromatic N) is 4. The van der Waals surface area contributed by atoms with Crippen LogP contribution in [-0.4, -0.2) is 26.5 Å². The molecule has 7 nitrogen and oxygen atoms in total. The molecule has 0 aliphatic carbocycles. The van der Waals surface area contributed by atoms with Gasteiger partial charge in [-0.25, -0.2) is 4.98 Å². The fourth-order valence-corrected chi connectivity index (χ4v) is 2.50. The predicted octanol–water partition coefficient (Wildman–Crippen LogP) is 2.43. The molecule has 2 heterocycles. The van der Waals surface area contributed by atoms with Gasteiger partial charge in [-0.3, -0.25) is 0 Å². The van der Waals surface area contributed by atoms with Crippen molar-refractivity contribution >= 4 is 23.2 Å². The molecule has 0 amide bonds. The van der Waals surface area contributed by atoms with E-state index in [4.69, 9.17) is 10.5 Å². The van der Waals surface area contributed by atoms with E-state index in [-0.39, 0.29) is 18.0 Å². The molecular formula is C13H20N6OS. The summed E-state index contributed by atoms with van der Waals surface area (Å²) in [5, 5.41) is 4.17. The van der Waals surface area contributed by atoms with Crippen LogP contribution in [0.3, 0.4) is 0 Å². The van der Waals surface area contributed by atoms with Crippen molar-refractivity contribution in [1.82, 2.24) is 19.9 Å². The van der Waals surface area contributed by atoms with Crippen LogP contribution in [0.15, 0.2) is 6.20 Å². The van der Waals surface area contributed by atoms with Crippen LogP contribution in [0, 0.1) is 0 Å². The quantitative estimate of drug-likeness (QED) is 0.810. The average Bonchev–Trinajstić information content (AvgIpc) is 2.93. The van der Waals surface area contributed by atoms with E-state index in [1.54, 1.807) is 11.3 Å². The Bertz CT molecular complexity index is 588. The number of nitrogens with one attached hydrogen (secondary N) is 1. The zero-order valence-corrected chi connectivity index (χ0v) is 13.3. The Balaban J connectivity index is 2.08.